The largest absolute Gasteiger partial charge is 0.489 e. The van der Waals surface area contributed by atoms with Crippen LogP contribution in [0.3, 0.4) is 0 Å². The highest BCUT2D eigenvalue weighted by Gasteiger charge is 2.07. The lowest BCUT2D eigenvalue weighted by Crippen LogP contribution is -2.40. The average molecular weight is 434 g/mol. The molecule has 0 unspecified atom stereocenters. The molecule has 8 heteroatoms. The summed E-state index contributed by atoms with van der Waals surface area (Å²) in [5.41, 5.74) is 0.789. The van der Waals surface area contributed by atoms with Gasteiger partial charge in [0.2, 0.25) is 0 Å². The highest BCUT2D eigenvalue weighted by Crippen LogP contribution is 2.14. The van der Waals surface area contributed by atoms with Gasteiger partial charge in [0, 0.05) is 20.2 Å². The number of halogens is 2. The van der Waals surface area contributed by atoms with Crippen LogP contribution in [0.25, 0.3) is 0 Å². The smallest absolute Gasteiger partial charge is 0.193 e. The molecule has 1 aromatic heterocycles. The summed E-state index contributed by atoms with van der Waals surface area (Å²) in [7, 11) is 3.57. The quantitative estimate of drug-likeness (QED) is 0.430. The van der Waals surface area contributed by atoms with Crippen LogP contribution in [0.4, 0.5) is 4.39 Å². The van der Waals surface area contributed by atoms with Gasteiger partial charge in [0.25, 0.3) is 0 Å². The summed E-state index contributed by atoms with van der Waals surface area (Å²) in [6.07, 6.45) is 1.52. The van der Waals surface area contributed by atoms with Gasteiger partial charge in [-0.25, -0.2) is 4.39 Å². The third-order valence-electron chi connectivity index (χ3n) is 3.01. The predicted octanol–water partition coefficient (Wildman–Crippen LogP) is 2.52. The zero-order chi connectivity index (χ0) is 15.8. The molecule has 2 rings (SSSR count). The van der Waals surface area contributed by atoms with Crippen molar-refractivity contribution in [1.29, 1.82) is 0 Å². The van der Waals surface area contributed by atoms with Crippen molar-refractivity contribution in [2.24, 2.45) is 4.99 Å². The predicted molar refractivity (Wildman–Crippen MR) is 96.6 cm³/mol. The lowest BCUT2D eigenvalue weighted by Gasteiger charge is -2.21. The van der Waals surface area contributed by atoms with Crippen LogP contribution < -0.4 is 10.1 Å². The van der Waals surface area contributed by atoms with Crippen molar-refractivity contribution in [3.05, 3.63) is 48.1 Å². The molecular formula is C15H20FIN4O2. The van der Waals surface area contributed by atoms with Gasteiger partial charge in [-0.1, -0.05) is 17.3 Å². The van der Waals surface area contributed by atoms with E-state index in [1.165, 1.54) is 12.3 Å². The van der Waals surface area contributed by atoms with E-state index in [9.17, 15) is 4.39 Å². The molecule has 0 radical (unpaired) electrons. The Hall–Kier alpha value is -1.84. The maximum absolute atomic E-state index is 13.4. The van der Waals surface area contributed by atoms with E-state index in [4.69, 9.17) is 9.26 Å². The molecule has 1 N–H and O–H groups in total. The summed E-state index contributed by atoms with van der Waals surface area (Å²) in [5, 5.41) is 6.97. The second-order valence-corrected chi connectivity index (χ2v) is 4.59. The Bertz CT molecular complexity index is 607. The number of benzene rings is 1. The number of nitrogens with one attached hydrogen (secondary N) is 1. The summed E-state index contributed by atoms with van der Waals surface area (Å²) in [4.78, 5) is 6.06. The summed E-state index contributed by atoms with van der Waals surface area (Å²) in [6, 6.07) is 8.12. The van der Waals surface area contributed by atoms with E-state index in [0.29, 0.717) is 25.7 Å². The molecule has 2 aromatic rings. The molecule has 0 aliphatic rings. The first-order valence-electron chi connectivity index (χ1n) is 6.89. The first-order chi connectivity index (χ1) is 10.7. The van der Waals surface area contributed by atoms with Crippen LogP contribution in [-0.4, -0.2) is 43.3 Å². The minimum absolute atomic E-state index is 0. The normalized spacial score (nSPS) is 10.8. The lowest BCUT2D eigenvalue weighted by molar-refractivity contribution is 0.270. The molecule has 0 fully saturated rings. The van der Waals surface area contributed by atoms with Crippen LogP contribution in [-0.2, 0) is 6.54 Å². The number of aliphatic imine (C=N–C) groups is 1. The maximum Gasteiger partial charge on any atom is 0.193 e. The molecule has 1 heterocycles. The molecule has 0 atom stereocenters. The minimum Gasteiger partial charge on any atom is -0.489 e. The summed E-state index contributed by atoms with van der Waals surface area (Å²) >= 11 is 0. The van der Waals surface area contributed by atoms with E-state index in [-0.39, 0.29) is 35.5 Å². The first kappa shape index (κ1) is 19.2. The fourth-order valence-electron chi connectivity index (χ4n) is 1.84. The molecular weight excluding hydrogens is 414 g/mol. The van der Waals surface area contributed by atoms with Gasteiger partial charge in [0.05, 0.1) is 13.1 Å². The topological polar surface area (TPSA) is 62.9 Å². The molecule has 6 nitrogen and oxygen atoms in total. The van der Waals surface area contributed by atoms with Crippen LogP contribution in [0.2, 0.25) is 0 Å². The highest BCUT2D eigenvalue weighted by atomic mass is 127. The van der Waals surface area contributed by atoms with Crippen molar-refractivity contribution in [3.63, 3.8) is 0 Å². The van der Waals surface area contributed by atoms with E-state index in [0.717, 1.165) is 5.69 Å². The van der Waals surface area contributed by atoms with Gasteiger partial charge in [-0.3, -0.25) is 4.99 Å². The van der Waals surface area contributed by atoms with Crippen LogP contribution in [0.1, 0.15) is 5.69 Å². The van der Waals surface area contributed by atoms with Crippen molar-refractivity contribution in [2.45, 2.75) is 6.54 Å². The Morgan fingerprint density at radius 3 is 2.83 bits per heavy atom. The molecule has 0 aliphatic carbocycles. The molecule has 23 heavy (non-hydrogen) atoms. The number of ether oxygens (including phenoxy) is 1. The minimum atomic E-state index is -0.362. The standard InChI is InChI=1S/C15H19FN4O2.HI/c1-17-15(18-11-12-7-9-22-19-12)20(2)8-10-21-14-6-4-3-5-13(14)16;/h3-7,9H,8,10-11H2,1-2H3,(H,17,18);1H. The van der Waals surface area contributed by atoms with Crippen LogP contribution in [0.15, 0.2) is 46.1 Å². The monoisotopic (exact) mass is 434 g/mol. The fourth-order valence-corrected chi connectivity index (χ4v) is 1.84. The first-order valence-corrected chi connectivity index (χ1v) is 6.89. The van der Waals surface area contributed by atoms with E-state index < -0.39 is 0 Å². The molecule has 0 saturated heterocycles. The van der Waals surface area contributed by atoms with E-state index in [2.05, 4.69) is 15.5 Å². The number of hydrogen-bond acceptors (Lipinski definition) is 4. The Morgan fingerprint density at radius 2 is 2.17 bits per heavy atom. The van der Waals surface area contributed by atoms with Gasteiger partial charge in [-0.15, -0.1) is 24.0 Å². The number of nitrogens with zero attached hydrogens (tertiary/aromatic N) is 3. The van der Waals surface area contributed by atoms with Crippen molar-refractivity contribution < 1.29 is 13.7 Å². The number of likely N-dealkylation sites (N-methyl/N-ethyl adjacent to an activating group) is 1. The van der Waals surface area contributed by atoms with Crippen LogP contribution >= 0.6 is 24.0 Å². The van der Waals surface area contributed by atoms with Gasteiger partial charge in [-0.05, 0) is 12.1 Å². The van der Waals surface area contributed by atoms with E-state index >= 15 is 0 Å². The highest BCUT2D eigenvalue weighted by molar-refractivity contribution is 14.0. The fraction of sp³-hybridized carbons (Fsp3) is 0.333. The second-order valence-electron chi connectivity index (χ2n) is 4.59. The zero-order valence-corrected chi connectivity index (χ0v) is 15.4. The van der Waals surface area contributed by atoms with Crippen LogP contribution in [0, 0.1) is 5.82 Å². The number of hydrogen-bond donors (Lipinski definition) is 1. The molecule has 1 aromatic carbocycles. The van der Waals surface area contributed by atoms with Crippen LogP contribution in [0.5, 0.6) is 5.75 Å². The van der Waals surface area contributed by atoms with Crippen molar-refractivity contribution >= 4 is 29.9 Å². The van der Waals surface area contributed by atoms with Crippen molar-refractivity contribution in [3.8, 4) is 5.75 Å². The lowest BCUT2D eigenvalue weighted by atomic mass is 10.3. The Kier molecular flexibility index (Phi) is 8.38. The SMILES string of the molecule is CN=C(NCc1ccon1)N(C)CCOc1ccccc1F.I. The molecule has 0 spiro atoms. The molecule has 0 amide bonds. The number of rotatable bonds is 6. The second kappa shape index (κ2) is 10.0. The van der Waals surface area contributed by atoms with E-state index in [1.54, 1.807) is 31.3 Å². The Balaban J connectivity index is 0.00000264. The van der Waals surface area contributed by atoms with Crippen molar-refractivity contribution in [1.82, 2.24) is 15.4 Å². The third kappa shape index (κ3) is 6.05. The van der Waals surface area contributed by atoms with Gasteiger partial charge in [-0.2, -0.15) is 0 Å². The van der Waals surface area contributed by atoms with Gasteiger partial charge in [0.15, 0.2) is 17.5 Å². The molecule has 0 saturated carbocycles. The summed E-state index contributed by atoms with van der Waals surface area (Å²) in [5.74, 6) is 0.584. The molecule has 0 bridgehead atoms. The number of aromatic nitrogens is 1. The number of guanidine groups is 1. The van der Waals surface area contributed by atoms with Gasteiger partial charge in [0.1, 0.15) is 18.6 Å². The zero-order valence-electron chi connectivity index (χ0n) is 13.0. The third-order valence-corrected chi connectivity index (χ3v) is 3.01. The molecule has 0 aliphatic heterocycles. The number of para-hydroxylation sites is 1. The summed E-state index contributed by atoms with van der Waals surface area (Å²) in [6.45, 7) is 1.43. The van der Waals surface area contributed by atoms with E-state index in [1.807, 2.05) is 11.9 Å². The van der Waals surface area contributed by atoms with Gasteiger partial charge >= 0.3 is 0 Å². The Morgan fingerprint density at radius 1 is 1.39 bits per heavy atom. The van der Waals surface area contributed by atoms with Crippen molar-refractivity contribution in [2.75, 3.05) is 27.2 Å². The maximum atomic E-state index is 13.4. The average Bonchev–Trinajstić information content (AvgIpc) is 3.03. The van der Waals surface area contributed by atoms with Gasteiger partial charge < -0.3 is 19.5 Å². The molecule has 126 valence electrons. The Labute approximate surface area is 151 Å². The summed E-state index contributed by atoms with van der Waals surface area (Å²) < 4.78 is 23.6.